The van der Waals surface area contributed by atoms with Crippen LogP contribution in [0.3, 0.4) is 0 Å². The second kappa shape index (κ2) is 5.41. The molecule has 0 N–H and O–H groups in total. The molecule has 0 aliphatic rings. The van der Waals surface area contributed by atoms with Gasteiger partial charge in [0.1, 0.15) is 0 Å². The molecule has 1 atom stereocenters. The first-order valence-corrected chi connectivity index (χ1v) is 6.47. The van der Waals surface area contributed by atoms with Crippen LogP contribution in [-0.2, 0) is 11.8 Å². The van der Waals surface area contributed by atoms with E-state index in [0.29, 0.717) is 5.92 Å². The maximum Gasteiger partial charge on any atom is 0.0152 e. The predicted molar refractivity (Wildman–Crippen MR) is 76.4 cm³/mol. The summed E-state index contributed by atoms with van der Waals surface area (Å²) in [6, 6.07) is 6.87. The van der Waals surface area contributed by atoms with Crippen LogP contribution in [0.1, 0.15) is 63.6 Å². The lowest BCUT2D eigenvalue weighted by molar-refractivity contribution is 0.587. The van der Waals surface area contributed by atoms with Crippen LogP contribution in [0.2, 0.25) is 0 Å². The molecule has 0 aliphatic carbocycles. The molecule has 0 nitrogen and oxygen atoms in total. The third kappa shape index (κ3) is 3.37. The van der Waals surface area contributed by atoms with Gasteiger partial charge in [-0.15, -0.1) is 12.3 Å². The molecular weight excluding hydrogens is 204 g/mol. The lowest BCUT2D eigenvalue weighted by Crippen LogP contribution is -2.12. The highest BCUT2D eigenvalue weighted by molar-refractivity contribution is 5.37. The van der Waals surface area contributed by atoms with Crippen molar-refractivity contribution >= 4 is 0 Å². The molecule has 0 aliphatic heterocycles. The van der Waals surface area contributed by atoms with Crippen LogP contribution in [0, 0.1) is 12.3 Å². The maximum atomic E-state index is 5.43. The van der Waals surface area contributed by atoms with Crippen LogP contribution >= 0.6 is 0 Å². The Morgan fingerprint density at radius 3 is 2.41 bits per heavy atom. The second-order valence-corrected chi connectivity index (χ2v) is 5.83. The van der Waals surface area contributed by atoms with Crippen molar-refractivity contribution in [3.8, 4) is 12.3 Å². The minimum atomic E-state index is 0.205. The number of hydrogen-bond acceptors (Lipinski definition) is 0. The first-order valence-electron chi connectivity index (χ1n) is 6.47. The van der Waals surface area contributed by atoms with Gasteiger partial charge in [-0.2, -0.15) is 0 Å². The van der Waals surface area contributed by atoms with Gasteiger partial charge in [0.15, 0.2) is 0 Å². The molecule has 0 aromatic heterocycles. The zero-order valence-electron chi connectivity index (χ0n) is 11.8. The van der Waals surface area contributed by atoms with Gasteiger partial charge in [-0.05, 0) is 34.4 Å². The van der Waals surface area contributed by atoms with E-state index in [9.17, 15) is 0 Å². The van der Waals surface area contributed by atoms with Crippen LogP contribution in [0.5, 0.6) is 0 Å². The zero-order chi connectivity index (χ0) is 13.1. The van der Waals surface area contributed by atoms with Gasteiger partial charge in [0.05, 0.1) is 0 Å². The molecule has 17 heavy (non-hydrogen) atoms. The van der Waals surface area contributed by atoms with E-state index in [4.69, 9.17) is 6.42 Å². The highest BCUT2D eigenvalue weighted by atomic mass is 14.2. The molecule has 0 radical (unpaired) electrons. The van der Waals surface area contributed by atoms with Crippen molar-refractivity contribution in [1.82, 2.24) is 0 Å². The van der Waals surface area contributed by atoms with Crippen LogP contribution in [-0.4, -0.2) is 0 Å². The Morgan fingerprint density at radius 2 is 1.94 bits per heavy atom. The summed E-state index contributed by atoms with van der Waals surface area (Å²) in [4.78, 5) is 0. The molecule has 0 spiro atoms. The van der Waals surface area contributed by atoms with Crippen LogP contribution in [0.15, 0.2) is 18.2 Å². The third-order valence-electron chi connectivity index (χ3n) is 3.35. The fraction of sp³-hybridized carbons (Fsp3) is 0.529. The van der Waals surface area contributed by atoms with Crippen LogP contribution < -0.4 is 0 Å². The second-order valence-electron chi connectivity index (χ2n) is 5.83. The van der Waals surface area contributed by atoms with E-state index in [-0.39, 0.29) is 5.41 Å². The molecule has 1 aromatic rings. The predicted octanol–water partition coefficient (Wildman–Crippen LogP) is 4.67. The van der Waals surface area contributed by atoms with Gasteiger partial charge in [0.2, 0.25) is 0 Å². The number of rotatable bonds is 3. The van der Waals surface area contributed by atoms with E-state index in [2.05, 4.69) is 58.7 Å². The molecule has 1 rings (SSSR count). The molecule has 1 aromatic carbocycles. The van der Waals surface area contributed by atoms with E-state index in [1.165, 1.54) is 16.7 Å². The van der Waals surface area contributed by atoms with Crippen molar-refractivity contribution in [1.29, 1.82) is 0 Å². The maximum absolute atomic E-state index is 5.43. The van der Waals surface area contributed by atoms with E-state index < -0.39 is 0 Å². The summed E-state index contributed by atoms with van der Waals surface area (Å²) in [5.74, 6) is 3.23. The summed E-state index contributed by atoms with van der Waals surface area (Å²) in [6.07, 6.45) is 7.33. The first kappa shape index (κ1) is 13.8. The highest BCUT2D eigenvalue weighted by Gasteiger charge is 2.17. The highest BCUT2D eigenvalue weighted by Crippen LogP contribution is 2.29. The molecular formula is C17H24. The van der Waals surface area contributed by atoms with Gasteiger partial charge in [-0.25, -0.2) is 0 Å². The largest absolute Gasteiger partial charge is 0.120 e. The summed E-state index contributed by atoms with van der Waals surface area (Å²) >= 11 is 0. The molecule has 0 amide bonds. The monoisotopic (exact) mass is 228 g/mol. The van der Waals surface area contributed by atoms with E-state index in [1.807, 2.05) is 0 Å². The minimum absolute atomic E-state index is 0.205. The van der Waals surface area contributed by atoms with Gasteiger partial charge >= 0.3 is 0 Å². The Bertz CT molecular complexity index is 413. The Morgan fingerprint density at radius 1 is 1.29 bits per heavy atom. The summed E-state index contributed by atoms with van der Waals surface area (Å²) in [6.45, 7) is 11.2. The van der Waals surface area contributed by atoms with Gasteiger partial charge in [-0.3, -0.25) is 0 Å². The normalized spacial score (nSPS) is 13.2. The zero-order valence-corrected chi connectivity index (χ0v) is 11.8. The molecule has 0 heterocycles. The quantitative estimate of drug-likeness (QED) is 0.659. The molecule has 0 saturated heterocycles. The van der Waals surface area contributed by atoms with E-state index >= 15 is 0 Å². The van der Waals surface area contributed by atoms with Crippen molar-refractivity contribution in [3.63, 3.8) is 0 Å². The third-order valence-corrected chi connectivity index (χ3v) is 3.35. The van der Waals surface area contributed by atoms with Crippen molar-refractivity contribution in [3.05, 3.63) is 34.9 Å². The van der Waals surface area contributed by atoms with Crippen molar-refractivity contribution in [2.24, 2.45) is 0 Å². The number of benzene rings is 1. The standard InChI is InChI=1S/C17H24/c1-7-9-13(3)16-12-15(17(4,5)6)11-10-14(16)8-2/h1,10-13H,8-9H2,2-6H3. The van der Waals surface area contributed by atoms with Crippen LogP contribution in [0.25, 0.3) is 0 Å². The average molecular weight is 228 g/mol. The summed E-state index contributed by atoms with van der Waals surface area (Å²) < 4.78 is 0. The molecule has 0 bridgehead atoms. The Labute approximate surface area is 106 Å². The lowest BCUT2D eigenvalue weighted by Gasteiger charge is -2.23. The minimum Gasteiger partial charge on any atom is -0.120 e. The van der Waals surface area contributed by atoms with Crippen molar-refractivity contribution < 1.29 is 0 Å². The summed E-state index contributed by atoms with van der Waals surface area (Å²) in [7, 11) is 0. The van der Waals surface area contributed by atoms with E-state index in [0.717, 1.165) is 12.8 Å². The Hall–Kier alpha value is -1.22. The van der Waals surface area contributed by atoms with E-state index in [1.54, 1.807) is 0 Å². The smallest absolute Gasteiger partial charge is 0.0152 e. The fourth-order valence-electron chi connectivity index (χ4n) is 2.13. The lowest BCUT2D eigenvalue weighted by atomic mass is 9.82. The molecule has 0 heteroatoms. The average Bonchev–Trinajstić information content (AvgIpc) is 2.27. The number of hydrogen-bond donors (Lipinski definition) is 0. The number of terminal acetylenes is 1. The fourth-order valence-corrected chi connectivity index (χ4v) is 2.13. The molecule has 1 unspecified atom stereocenters. The van der Waals surface area contributed by atoms with Gasteiger partial charge in [0.25, 0.3) is 0 Å². The van der Waals surface area contributed by atoms with Crippen molar-refractivity contribution in [2.75, 3.05) is 0 Å². The Kier molecular flexibility index (Phi) is 4.40. The van der Waals surface area contributed by atoms with Gasteiger partial charge < -0.3 is 0 Å². The Balaban J connectivity index is 3.21. The first-order chi connectivity index (χ1) is 7.90. The number of aryl methyl sites for hydroxylation is 1. The van der Waals surface area contributed by atoms with Gasteiger partial charge in [0, 0.05) is 6.42 Å². The molecule has 0 saturated carbocycles. The molecule has 0 fully saturated rings. The van der Waals surface area contributed by atoms with Crippen molar-refractivity contribution in [2.45, 2.75) is 58.8 Å². The molecule has 92 valence electrons. The SMILES string of the molecule is C#CCC(C)c1cc(C(C)(C)C)ccc1CC. The van der Waals surface area contributed by atoms with Crippen LogP contribution in [0.4, 0.5) is 0 Å². The summed E-state index contributed by atoms with van der Waals surface area (Å²) in [5, 5.41) is 0. The summed E-state index contributed by atoms with van der Waals surface area (Å²) in [5.41, 5.74) is 4.46. The topological polar surface area (TPSA) is 0 Å². The van der Waals surface area contributed by atoms with Gasteiger partial charge in [-0.1, -0.05) is 52.8 Å².